The predicted molar refractivity (Wildman–Crippen MR) is 233 cm³/mol. The van der Waals surface area contributed by atoms with E-state index in [1.165, 1.54) is 11.1 Å². The smallest absolute Gasteiger partial charge is 0.475 e. The topological polar surface area (TPSA) is 195 Å². The Morgan fingerprint density at radius 2 is 1.61 bits per heavy atom. The number of anilines is 1. The molecule has 0 saturated carbocycles. The molecule has 2 fully saturated rings. The highest BCUT2D eigenvalue weighted by atomic mass is 19.4. The van der Waals surface area contributed by atoms with Gasteiger partial charge in [0.2, 0.25) is 17.7 Å². The van der Waals surface area contributed by atoms with Crippen molar-refractivity contribution in [3.63, 3.8) is 0 Å². The van der Waals surface area contributed by atoms with Crippen LogP contribution in [0.4, 0.5) is 18.9 Å². The number of nitrogens with zero attached hydrogens (tertiary/aromatic N) is 4. The molecule has 1 atom stereocenters. The zero-order valence-corrected chi connectivity index (χ0v) is 35.8. The Hall–Kier alpha value is -6.88. The summed E-state index contributed by atoms with van der Waals surface area (Å²) < 4.78 is 37.0. The van der Waals surface area contributed by atoms with E-state index in [0.29, 0.717) is 31.2 Å². The highest BCUT2D eigenvalue weighted by Crippen LogP contribution is 2.34. The molecule has 0 bridgehead atoms. The molecule has 0 radical (unpaired) electrons. The molecule has 2 aliphatic rings. The van der Waals surface area contributed by atoms with Gasteiger partial charge in [-0.15, -0.1) is 0 Å². The standard InChI is InChI=1S/C45H48N8O4.C2HF3O2/c1-27-23-32(9-10-33(27)25-47-43(56)41-51-44(57-52-41)45(2,3)4)35-17-20-46-40-36(35)24-38(49-40)31-7-5-28(6-8-31)26-53-21-18-30(19-22-53)29-11-13-34(14-12-29)48-37-15-16-39(54)50-42(37)55;3-2(4,5)1(6)7/h5-14,17,20,23-24,30,37,48H,15-16,18-19,21-22,25-26H2,1-4H3,(H,46,49)(H,47,56)(H,50,54,55);(H,6,7). The van der Waals surface area contributed by atoms with E-state index in [1.807, 2.05) is 58.2 Å². The third-order valence-electron chi connectivity index (χ3n) is 11.4. The van der Waals surface area contributed by atoms with Gasteiger partial charge >= 0.3 is 12.1 Å². The van der Waals surface area contributed by atoms with Crippen LogP contribution in [0.1, 0.15) is 91.1 Å². The minimum Gasteiger partial charge on any atom is -0.475 e. The van der Waals surface area contributed by atoms with E-state index in [-0.39, 0.29) is 35.0 Å². The number of H-pyrrole nitrogens is 1. The number of carbonyl (C=O) groups excluding carboxylic acids is 3. The lowest BCUT2D eigenvalue weighted by Crippen LogP contribution is -2.47. The Bertz CT molecular complexity index is 2640. The second kappa shape index (κ2) is 18.8. The average Bonchev–Trinajstić information content (AvgIpc) is 3.94. The lowest BCUT2D eigenvalue weighted by molar-refractivity contribution is -0.192. The van der Waals surface area contributed by atoms with Crippen molar-refractivity contribution in [1.29, 1.82) is 0 Å². The number of aromatic amines is 1. The lowest BCUT2D eigenvalue weighted by atomic mass is 9.89. The van der Waals surface area contributed by atoms with Crippen LogP contribution >= 0.6 is 0 Å². The van der Waals surface area contributed by atoms with Crippen LogP contribution in [-0.4, -0.2) is 79.1 Å². The van der Waals surface area contributed by atoms with Crippen molar-refractivity contribution in [3.8, 4) is 22.4 Å². The van der Waals surface area contributed by atoms with Crippen LogP contribution in [0.25, 0.3) is 33.4 Å². The van der Waals surface area contributed by atoms with Gasteiger partial charge in [0, 0.05) is 47.9 Å². The van der Waals surface area contributed by atoms with Crippen molar-refractivity contribution >= 4 is 40.4 Å². The Morgan fingerprint density at radius 3 is 2.23 bits per heavy atom. The summed E-state index contributed by atoms with van der Waals surface area (Å²) in [6.07, 6.45) is -0.174. The number of hydrogen-bond donors (Lipinski definition) is 5. The molecule has 0 aliphatic carbocycles. The molecule has 2 aliphatic heterocycles. The number of alkyl halides is 3. The zero-order chi connectivity index (χ0) is 45.8. The van der Waals surface area contributed by atoms with Gasteiger partial charge in [-0.3, -0.25) is 24.6 Å². The van der Waals surface area contributed by atoms with Gasteiger partial charge in [0.1, 0.15) is 11.7 Å². The quantitative estimate of drug-likeness (QED) is 0.0836. The Labute approximate surface area is 367 Å². The molecule has 2 saturated heterocycles. The number of aromatic nitrogens is 4. The third kappa shape index (κ3) is 11.0. The number of halogens is 3. The van der Waals surface area contributed by atoms with Crippen molar-refractivity contribution in [3.05, 3.63) is 119 Å². The summed E-state index contributed by atoms with van der Waals surface area (Å²) >= 11 is 0. The number of amides is 3. The molecule has 64 heavy (non-hydrogen) atoms. The van der Waals surface area contributed by atoms with E-state index in [0.717, 1.165) is 82.7 Å². The number of aliphatic carboxylic acids is 1. The molecule has 3 aromatic carbocycles. The Balaban J connectivity index is 0.000000809. The van der Waals surface area contributed by atoms with Gasteiger partial charge in [-0.05, 0) is 108 Å². The van der Waals surface area contributed by atoms with Crippen LogP contribution in [-0.2, 0) is 32.9 Å². The number of fused-ring (bicyclic) bond motifs is 1. The van der Waals surface area contributed by atoms with Crippen LogP contribution in [0.15, 0.2) is 89.6 Å². The maximum absolute atomic E-state index is 12.7. The summed E-state index contributed by atoms with van der Waals surface area (Å²) in [6, 6.07) is 27.3. The minimum atomic E-state index is -5.08. The molecule has 5 heterocycles. The normalized spacial score (nSPS) is 16.2. The summed E-state index contributed by atoms with van der Waals surface area (Å²) in [6.45, 7) is 11.3. The number of pyridine rings is 1. The van der Waals surface area contributed by atoms with Crippen molar-refractivity contribution in [1.82, 2.24) is 35.6 Å². The minimum absolute atomic E-state index is 0.0340. The number of hydrogen-bond acceptors (Lipinski definition) is 10. The number of nitrogens with one attached hydrogen (secondary N) is 4. The van der Waals surface area contributed by atoms with E-state index >= 15 is 0 Å². The monoisotopic (exact) mass is 878 g/mol. The van der Waals surface area contributed by atoms with E-state index < -0.39 is 12.1 Å². The van der Waals surface area contributed by atoms with Crippen molar-refractivity contribution in [2.24, 2.45) is 0 Å². The van der Waals surface area contributed by atoms with Gasteiger partial charge < -0.3 is 25.2 Å². The van der Waals surface area contributed by atoms with Crippen LogP contribution in [0.5, 0.6) is 0 Å². The number of carboxylic acid groups (broad SMARTS) is 1. The fraction of sp³-hybridized carbons (Fsp3) is 0.340. The zero-order valence-electron chi connectivity index (χ0n) is 35.8. The third-order valence-corrected chi connectivity index (χ3v) is 11.4. The molecular weight excluding hydrogens is 830 g/mol. The number of benzene rings is 3. The first kappa shape index (κ1) is 45.2. The number of imide groups is 1. The summed E-state index contributed by atoms with van der Waals surface area (Å²) in [5.41, 5.74) is 10.4. The highest BCUT2D eigenvalue weighted by Gasteiger charge is 2.38. The van der Waals surface area contributed by atoms with Gasteiger partial charge in [-0.1, -0.05) is 80.5 Å². The number of rotatable bonds is 10. The molecule has 17 heteroatoms. The van der Waals surface area contributed by atoms with Gasteiger partial charge in [-0.2, -0.15) is 18.2 Å². The lowest BCUT2D eigenvalue weighted by Gasteiger charge is -2.32. The van der Waals surface area contributed by atoms with E-state index in [9.17, 15) is 27.6 Å². The average molecular weight is 879 g/mol. The van der Waals surface area contributed by atoms with E-state index in [2.05, 4.69) is 95.6 Å². The first-order valence-electron chi connectivity index (χ1n) is 20.9. The molecule has 6 aromatic rings. The number of carboxylic acids is 1. The second-order valence-corrected chi connectivity index (χ2v) is 17.1. The van der Waals surface area contributed by atoms with Crippen molar-refractivity contribution in [2.75, 3.05) is 18.4 Å². The summed E-state index contributed by atoms with van der Waals surface area (Å²) in [7, 11) is 0. The van der Waals surface area contributed by atoms with Gasteiger partial charge in [0.25, 0.3) is 11.7 Å². The molecular formula is C47H49F3N8O6. The number of likely N-dealkylation sites (tertiary alicyclic amines) is 1. The number of carbonyl (C=O) groups is 4. The SMILES string of the molecule is Cc1cc(-c2ccnc3[nH]c(-c4ccc(CN5CCC(c6ccc(NC7CCC(=O)NC7=O)cc6)CC5)cc4)cc23)ccc1CNC(=O)c1noc(C(C)(C)C)n1.O=C(O)C(F)(F)F. The van der Waals surface area contributed by atoms with E-state index in [1.54, 1.807) is 0 Å². The Morgan fingerprint density at radius 1 is 0.922 bits per heavy atom. The predicted octanol–water partition coefficient (Wildman–Crippen LogP) is 8.05. The van der Waals surface area contributed by atoms with Crippen molar-refractivity contribution < 1.29 is 42.0 Å². The maximum Gasteiger partial charge on any atom is 0.490 e. The highest BCUT2D eigenvalue weighted by molar-refractivity contribution is 6.01. The molecule has 3 amide bonds. The van der Waals surface area contributed by atoms with Crippen LogP contribution in [0.3, 0.4) is 0 Å². The summed E-state index contributed by atoms with van der Waals surface area (Å²) in [4.78, 5) is 60.2. The van der Waals surface area contributed by atoms with Gasteiger partial charge in [0.15, 0.2) is 0 Å². The molecule has 5 N–H and O–H groups in total. The molecule has 14 nitrogen and oxygen atoms in total. The summed E-state index contributed by atoms with van der Waals surface area (Å²) in [5, 5.41) is 20.6. The first-order chi connectivity index (χ1) is 30.4. The first-order valence-corrected chi connectivity index (χ1v) is 20.9. The molecule has 8 rings (SSSR count). The van der Waals surface area contributed by atoms with Crippen molar-refractivity contribution in [2.45, 2.75) is 90.0 Å². The molecule has 1 unspecified atom stereocenters. The van der Waals surface area contributed by atoms with Gasteiger partial charge in [-0.25, -0.2) is 9.78 Å². The Kier molecular flexibility index (Phi) is 13.3. The fourth-order valence-corrected chi connectivity index (χ4v) is 7.73. The van der Waals surface area contributed by atoms with Crippen LogP contribution in [0, 0.1) is 6.92 Å². The molecule has 334 valence electrons. The largest absolute Gasteiger partial charge is 0.490 e. The summed E-state index contributed by atoms with van der Waals surface area (Å²) in [5.74, 6) is -2.62. The van der Waals surface area contributed by atoms with Crippen LogP contribution in [0.2, 0.25) is 0 Å². The maximum atomic E-state index is 12.7. The number of aryl methyl sites for hydroxylation is 1. The molecule has 0 spiro atoms. The second-order valence-electron chi connectivity index (χ2n) is 17.1. The fourth-order valence-electron chi connectivity index (χ4n) is 7.73. The van der Waals surface area contributed by atoms with E-state index in [4.69, 9.17) is 14.4 Å². The van der Waals surface area contributed by atoms with Crippen LogP contribution < -0.4 is 16.0 Å². The van der Waals surface area contributed by atoms with Gasteiger partial charge in [0.05, 0.1) is 0 Å². The number of piperidine rings is 2. The molecule has 3 aromatic heterocycles.